The van der Waals surface area contributed by atoms with Crippen LogP contribution in [0.5, 0.6) is 0 Å². The van der Waals surface area contributed by atoms with Crippen LogP contribution in [0.4, 0.5) is 0 Å². The molecule has 0 bridgehead atoms. The van der Waals surface area contributed by atoms with Crippen LogP contribution in [0.2, 0.25) is 0 Å². The molecule has 3 atom stereocenters. The van der Waals surface area contributed by atoms with Gasteiger partial charge in [0, 0.05) is 12.6 Å². The molecule has 1 aliphatic carbocycles. The molecule has 2 aliphatic rings. The van der Waals surface area contributed by atoms with Gasteiger partial charge in [0.05, 0.1) is 18.3 Å². The van der Waals surface area contributed by atoms with E-state index < -0.39 is 29.7 Å². The molecule has 3 N–H and O–H groups in total. The standard InChI is InChI=1S/C17H24N2O5/c20-10-14-13(21)8-15(24-14)19-9-12(16(22)18-17(19)23)7-6-11-4-2-1-3-5-11/h6-7,9,11,13-15,20-21H,1-5,8,10H2,(H,18,22,23)/b7-6+/t13-,14-,15-/m1/s1. The minimum atomic E-state index is -0.833. The van der Waals surface area contributed by atoms with Gasteiger partial charge < -0.3 is 14.9 Å². The Morgan fingerprint density at radius 2 is 2.04 bits per heavy atom. The Bertz CT molecular complexity index is 702. The number of nitrogens with zero attached hydrogens (tertiary/aromatic N) is 1. The number of aromatic amines is 1. The first-order chi connectivity index (χ1) is 11.6. The lowest BCUT2D eigenvalue weighted by molar-refractivity contribution is -0.0459. The molecule has 0 amide bonds. The highest BCUT2D eigenvalue weighted by molar-refractivity contribution is 5.46. The zero-order chi connectivity index (χ0) is 17.1. The van der Waals surface area contributed by atoms with Crippen LogP contribution in [0.3, 0.4) is 0 Å². The second-order valence-electron chi connectivity index (χ2n) is 6.62. The van der Waals surface area contributed by atoms with Crippen molar-refractivity contribution in [2.45, 2.75) is 57.0 Å². The van der Waals surface area contributed by atoms with Gasteiger partial charge in [0.25, 0.3) is 5.56 Å². The molecule has 1 aromatic rings. The predicted molar refractivity (Wildman–Crippen MR) is 88.6 cm³/mol. The number of aliphatic hydroxyl groups excluding tert-OH is 2. The molecule has 7 heteroatoms. The zero-order valence-electron chi connectivity index (χ0n) is 13.6. The molecular formula is C17H24N2O5. The van der Waals surface area contributed by atoms with Gasteiger partial charge >= 0.3 is 5.69 Å². The molecule has 24 heavy (non-hydrogen) atoms. The Labute approximate surface area is 139 Å². The van der Waals surface area contributed by atoms with E-state index in [-0.39, 0.29) is 13.0 Å². The van der Waals surface area contributed by atoms with Crippen LogP contribution in [0.25, 0.3) is 6.08 Å². The molecule has 2 fully saturated rings. The smallest absolute Gasteiger partial charge is 0.330 e. The van der Waals surface area contributed by atoms with Crippen LogP contribution >= 0.6 is 0 Å². The van der Waals surface area contributed by atoms with Crippen molar-refractivity contribution in [3.63, 3.8) is 0 Å². The fraction of sp³-hybridized carbons (Fsp3) is 0.647. The molecular weight excluding hydrogens is 312 g/mol. The summed E-state index contributed by atoms with van der Waals surface area (Å²) < 4.78 is 6.77. The lowest BCUT2D eigenvalue weighted by atomic mass is 9.89. The van der Waals surface area contributed by atoms with E-state index in [9.17, 15) is 14.7 Å². The molecule has 7 nitrogen and oxygen atoms in total. The lowest BCUT2D eigenvalue weighted by Crippen LogP contribution is -2.33. The Morgan fingerprint density at radius 1 is 1.29 bits per heavy atom. The van der Waals surface area contributed by atoms with E-state index in [2.05, 4.69) is 4.98 Å². The summed E-state index contributed by atoms with van der Waals surface area (Å²) in [5, 5.41) is 19.0. The van der Waals surface area contributed by atoms with E-state index >= 15 is 0 Å². The first-order valence-corrected chi connectivity index (χ1v) is 8.56. The maximum absolute atomic E-state index is 12.0. The molecule has 1 saturated carbocycles. The van der Waals surface area contributed by atoms with Crippen molar-refractivity contribution in [2.24, 2.45) is 5.92 Å². The van der Waals surface area contributed by atoms with E-state index in [4.69, 9.17) is 9.84 Å². The monoisotopic (exact) mass is 336 g/mol. The second-order valence-corrected chi connectivity index (χ2v) is 6.62. The van der Waals surface area contributed by atoms with Crippen molar-refractivity contribution in [1.82, 2.24) is 9.55 Å². The van der Waals surface area contributed by atoms with Crippen LogP contribution in [0.15, 0.2) is 21.9 Å². The summed E-state index contributed by atoms with van der Waals surface area (Å²) in [5.74, 6) is 0.474. The molecule has 132 valence electrons. The van der Waals surface area contributed by atoms with Crippen LogP contribution in [-0.4, -0.2) is 38.6 Å². The maximum atomic E-state index is 12.0. The van der Waals surface area contributed by atoms with Gasteiger partial charge in [0.2, 0.25) is 0 Å². The molecule has 1 aliphatic heterocycles. The third-order valence-electron chi connectivity index (χ3n) is 4.89. The van der Waals surface area contributed by atoms with Gasteiger partial charge in [-0.15, -0.1) is 0 Å². The van der Waals surface area contributed by atoms with Gasteiger partial charge in [-0.1, -0.05) is 31.4 Å². The van der Waals surface area contributed by atoms with Crippen molar-refractivity contribution in [2.75, 3.05) is 6.61 Å². The molecule has 1 saturated heterocycles. The van der Waals surface area contributed by atoms with Crippen molar-refractivity contribution in [1.29, 1.82) is 0 Å². The Kier molecular flexibility index (Phi) is 5.33. The summed E-state index contributed by atoms with van der Waals surface area (Å²) in [4.78, 5) is 26.4. The number of allylic oxidation sites excluding steroid dienone is 1. The summed E-state index contributed by atoms with van der Waals surface area (Å²) in [5.41, 5.74) is -0.614. The number of aliphatic hydroxyl groups is 2. The SMILES string of the molecule is O=c1[nH]c(=O)n([C@H]2C[C@@H](O)[C@@H](CO)O2)cc1/C=C/C1CCCCC1. The number of nitrogens with one attached hydrogen (secondary N) is 1. The number of hydrogen-bond donors (Lipinski definition) is 3. The third-order valence-corrected chi connectivity index (χ3v) is 4.89. The normalized spacial score (nSPS) is 28.7. The molecule has 2 heterocycles. The minimum Gasteiger partial charge on any atom is -0.394 e. The number of hydrogen-bond acceptors (Lipinski definition) is 5. The van der Waals surface area contributed by atoms with E-state index in [1.807, 2.05) is 6.08 Å². The highest BCUT2D eigenvalue weighted by atomic mass is 16.5. The minimum absolute atomic E-state index is 0.197. The second kappa shape index (κ2) is 7.46. The van der Waals surface area contributed by atoms with Crippen LogP contribution in [0.1, 0.15) is 50.3 Å². The molecule has 1 aromatic heterocycles. The first kappa shape index (κ1) is 17.1. The quantitative estimate of drug-likeness (QED) is 0.753. The number of ether oxygens (including phenoxy) is 1. The average Bonchev–Trinajstić information content (AvgIpc) is 2.95. The molecule has 0 aromatic carbocycles. The Morgan fingerprint density at radius 3 is 2.71 bits per heavy atom. The van der Waals surface area contributed by atoms with Gasteiger partial charge in [-0.05, 0) is 18.8 Å². The van der Waals surface area contributed by atoms with E-state index in [0.29, 0.717) is 11.5 Å². The Balaban J connectivity index is 1.82. The van der Waals surface area contributed by atoms with Crippen molar-refractivity contribution < 1.29 is 14.9 Å². The van der Waals surface area contributed by atoms with Crippen molar-refractivity contribution in [3.8, 4) is 0 Å². The topological polar surface area (TPSA) is 105 Å². The van der Waals surface area contributed by atoms with Gasteiger partial charge in [0.15, 0.2) is 0 Å². The summed E-state index contributed by atoms with van der Waals surface area (Å²) >= 11 is 0. The Hall–Kier alpha value is -1.70. The van der Waals surface area contributed by atoms with E-state index in [1.54, 1.807) is 6.08 Å². The van der Waals surface area contributed by atoms with Gasteiger partial charge in [-0.3, -0.25) is 14.3 Å². The van der Waals surface area contributed by atoms with Crippen LogP contribution in [0, 0.1) is 5.92 Å². The zero-order valence-corrected chi connectivity index (χ0v) is 13.6. The highest BCUT2D eigenvalue weighted by Gasteiger charge is 2.35. The van der Waals surface area contributed by atoms with Gasteiger partial charge in [0.1, 0.15) is 12.3 Å². The molecule has 0 unspecified atom stereocenters. The van der Waals surface area contributed by atoms with E-state index in [1.165, 1.54) is 30.0 Å². The number of rotatable bonds is 4. The molecule has 0 spiro atoms. The third kappa shape index (κ3) is 3.68. The summed E-state index contributed by atoms with van der Waals surface area (Å²) in [6.07, 6.45) is 9.18. The van der Waals surface area contributed by atoms with Crippen molar-refractivity contribution in [3.05, 3.63) is 38.7 Å². The largest absolute Gasteiger partial charge is 0.394 e. The fourth-order valence-electron chi connectivity index (χ4n) is 3.45. The van der Waals surface area contributed by atoms with Gasteiger partial charge in [-0.2, -0.15) is 0 Å². The average molecular weight is 336 g/mol. The van der Waals surface area contributed by atoms with Crippen LogP contribution < -0.4 is 11.2 Å². The first-order valence-electron chi connectivity index (χ1n) is 8.56. The van der Waals surface area contributed by atoms with Gasteiger partial charge in [-0.25, -0.2) is 4.79 Å². The molecule has 0 radical (unpaired) electrons. The maximum Gasteiger partial charge on any atom is 0.330 e. The summed E-state index contributed by atoms with van der Waals surface area (Å²) in [7, 11) is 0. The number of H-pyrrole nitrogens is 1. The lowest BCUT2D eigenvalue weighted by Gasteiger charge is -2.18. The van der Waals surface area contributed by atoms with Crippen molar-refractivity contribution >= 4 is 6.08 Å². The summed E-state index contributed by atoms with van der Waals surface area (Å²) in [6.45, 7) is -0.315. The van der Waals surface area contributed by atoms with Crippen LogP contribution in [-0.2, 0) is 4.74 Å². The fourth-order valence-corrected chi connectivity index (χ4v) is 3.45. The van der Waals surface area contributed by atoms with E-state index in [0.717, 1.165) is 12.8 Å². The highest BCUT2D eigenvalue weighted by Crippen LogP contribution is 2.28. The molecule has 3 rings (SSSR count). The predicted octanol–water partition coefficient (Wildman–Crippen LogP) is 0.771. The summed E-state index contributed by atoms with van der Waals surface area (Å²) in [6, 6.07) is 0. The number of aromatic nitrogens is 2.